The molecule has 110 valence electrons. The average Bonchev–Trinajstić information content (AvgIpc) is 2.87. The maximum Gasteiger partial charge on any atom is 0.346 e. The van der Waals surface area contributed by atoms with Gasteiger partial charge in [0.15, 0.2) is 0 Å². The predicted octanol–water partition coefficient (Wildman–Crippen LogP) is -0.608. The van der Waals surface area contributed by atoms with E-state index in [-0.39, 0.29) is 17.7 Å². The molecule has 1 saturated carbocycles. The molecule has 2 atom stereocenters. The van der Waals surface area contributed by atoms with E-state index in [0.29, 0.717) is 13.0 Å². The summed E-state index contributed by atoms with van der Waals surface area (Å²) in [6, 6.07) is 0. The second-order valence-corrected chi connectivity index (χ2v) is 5.14. The van der Waals surface area contributed by atoms with Crippen LogP contribution in [-0.4, -0.2) is 32.0 Å². The van der Waals surface area contributed by atoms with E-state index in [9.17, 15) is 14.4 Å². The Bertz CT molecular complexity index is 633. The summed E-state index contributed by atoms with van der Waals surface area (Å²) in [5.74, 6) is -1.11. The first-order chi connectivity index (χ1) is 9.41. The lowest BCUT2D eigenvalue weighted by atomic mass is 9.96. The van der Waals surface area contributed by atoms with Crippen LogP contribution in [0.2, 0.25) is 0 Å². The molecule has 0 bridgehead atoms. The Morgan fingerprint density at radius 1 is 1.40 bits per heavy atom. The second-order valence-electron chi connectivity index (χ2n) is 5.14. The number of nitrogens with zero attached hydrogens (tertiary/aromatic N) is 3. The van der Waals surface area contributed by atoms with Crippen molar-refractivity contribution in [1.82, 2.24) is 14.3 Å². The molecular formula is C12H18N4O4. The molecular weight excluding hydrogens is 264 g/mol. The zero-order chi connectivity index (χ0) is 14.9. The number of aliphatic carboxylic acids is 1. The number of anilines is 1. The Morgan fingerprint density at radius 2 is 2.10 bits per heavy atom. The number of hydrogen-bond acceptors (Lipinski definition) is 5. The first kappa shape index (κ1) is 14.3. The Morgan fingerprint density at radius 3 is 2.75 bits per heavy atom. The van der Waals surface area contributed by atoms with Crippen LogP contribution in [0.3, 0.4) is 0 Å². The minimum Gasteiger partial charge on any atom is -0.481 e. The van der Waals surface area contributed by atoms with Crippen molar-refractivity contribution >= 4 is 11.8 Å². The van der Waals surface area contributed by atoms with Gasteiger partial charge in [-0.15, -0.1) is 5.10 Å². The lowest BCUT2D eigenvalue weighted by molar-refractivity contribution is -0.142. The molecule has 1 aliphatic rings. The number of aromatic nitrogens is 3. The fourth-order valence-electron chi connectivity index (χ4n) is 2.64. The van der Waals surface area contributed by atoms with Crippen LogP contribution >= 0.6 is 0 Å². The number of carboxylic acid groups (broad SMARTS) is 1. The van der Waals surface area contributed by atoms with Gasteiger partial charge in [0.1, 0.15) is 0 Å². The molecule has 0 amide bonds. The van der Waals surface area contributed by atoms with Crippen molar-refractivity contribution in [3.8, 4) is 0 Å². The molecule has 20 heavy (non-hydrogen) atoms. The summed E-state index contributed by atoms with van der Waals surface area (Å²) in [4.78, 5) is 34.5. The van der Waals surface area contributed by atoms with E-state index in [1.54, 1.807) is 0 Å². The van der Waals surface area contributed by atoms with E-state index in [0.717, 1.165) is 22.1 Å². The van der Waals surface area contributed by atoms with E-state index in [1.807, 2.05) is 0 Å². The minimum atomic E-state index is -0.796. The average molecular weight is 282 g/mol. The van der Waals surface area contributed by atoms with Crippen molar-refractivity contribution in [3.05, 3.63) is 20.8 Å². The lowest BCUT2D eigenvalue weighted by Crippen LogP contribution is -2.40. The molecule has 1 aromatic rings. The summed E-state index contributed by atoms with van der Waals surface area (Å²) >= 11 is 0. The van der Waals surface area contributed by atoms with Crippen LogP contribution in [0.5, 0.6) is 0 Å². The number of aryl methyl sites for hydroxylation is 1. The summed E-state index contributed by atoms with van der Waals surface area (Å²) in [7, 11) is 2.84. The topological polar surface area (TPSA) is 106 Å². The number of carboxylic acids is 1. The molecule has 0 aromatic carbocycles. The van der Waals surface area contributed by atoms with Gasteiger partial charge in [-0.3, -0.25) is 14.2 Å². The summed E-state index contributed by atoms with van der Waals surface area (Å²) < 4.78 is 2.05. The normalized spacial score (nSPS) is 21.9. The molecule has 0 radical (unpaired) electrons. The molecule has 0 aliphatic heterocycles. The highest BCUT2D eigenvalue weighted by molar-refractivity contribution is 5.70. The van der Waals surface area contributed by atoms with Crippen molar-refractivity contribution in [2.75, 3.05) is 11.9 Å². The highest BCUT2D eigenvalue weighted by Gasteiger charge is 2.32. The molecule has 1 heterocycles. The summed E-state index contributed by atoms with van der Waals surface area (Å²) in [6.07, 6.45) is 2.36. The van der Waals surface area contributed by atoms with E-state index >= 15 is 0 Å². The lowest BCUT2D eigenvalue weighted by Gasteiger charge is -2.16. The van der Waals surface area contributed by atoms with Crippen molar-refractivity contribution in [1.29, 1.82) is 0 Å². The van der Waals surface area contributed by atoms with Gasteiger partial charge in [-0.05, 0) is 18.8 Å². The van der Waals surface area contributed by atoms with Crippen LogP contribution in [0, 0.1) is 11.8 Å². The summed E-state index contributed by atoms with van der Waals surface area (Å²) in [5.41, 5.74) is -0.997. The minimum absolute atomic E-state index is 0.0174. The monoisotopic (exact) mass is 282 g/mol. The molecule has 1 aromatic heterocycles. The van der Waals surface area contributed by atoms with Gasteiger partial charge in [0.25, 0.3) is 5.56 Å². The van der Waals surface area contributed by atoms with Gasteiger partial charge in [-0.25, -0.2) is 9.48 Å². The molecule has 2 unspecified atom stereocenters. The zero-order valence-electron chi connectivity index (χ0n) is 11.5. The van der Waals surface area contributed by atoms with E-state index in [2.05, 4.69) is 10.4 Å². The van der Waals surface area contributed by atoms with Crippen LogP contribution in [0.25, 0.3) is 0 Å². The van der Waals surface area contributed by atoms with E-state index < -0.39 is 17.2 Å². The maximum atomic E-state index is 11.9. The Balaban J connectivity index is 2.14. The van der Waals surface area contributed by atoms with Gasteiger partial charge >= 0.3 is 11.7 Å². The molecule has 0 saturated heterocycles. The first-order valence-corrected chi connectivity index (χ1v) is 6.53. The quantitative estimate of drug-likeness (QED) is 0.763. The number of carbonyl (C=O) groups is 1. The molecule has 8 heteroatoms. The zero-order valence-corrected chi connectivity index (χ0v) is 11.5. The van der Waals surface area contributed by atoms with Crippen molar-refractivity contribution in [2.24, 2.45) is 25.9 Å². The molecule has 2 rings (SSSR count). The van der Waals surface area contributed by atoms with Gasteiger partial charge in [0, 0.05) is 20.6 Å². The van der Waals surface area contributed by atoms with Gasteiger partial charge < -0.3 is 10.4 Å². The third-order valence-corrected chi connectivity index (χ3v) is 3.83. The fourth-order valence-corrected chi connectivity index (χ4v) is 2.64. The van der Waals surface area contributed by atoms with Crippen LogP contribution in [-0.2, 0) is 18.9 Å². The Labute approximate surface area is 115 Å². The molecule has 1 fully saturated rings. The van der Waals surface area contributed by atoms with Crippen molar-refractivity contribution in [3.63, 3.8) is 0 Å². The SMILES string of the molecule is Cn1nc(NCC2CCCC2C(=O)O)c(=O)n(C)c1=O. The van der Waals surface area contributed by atoms with E-state index in [4.69, 9.17) is 5.11 Å². The van der Waals surface area contributed by atoms with Gasteiger partial charge in [-0.2, -0.15) is 0 Å². The van der Waals surface area contributed by atoms with E-state index in [1.165, 1.54) is 14.1 Å². The fraction of sp³-hybridized carbons (Fsp3) is 0.667. The predicted molar refractivity (Wildman–Crippen MR) is 71.7 cm³/mol. The highest BCUT2D eigenvalue weighted by atomic mass is 16.4. The Kier molecular flexibility index (Phi) is 3.91. The van der Waals surface area contributed by atoms with Crippen LogP contribution in [0.4, 0.5) is 5.82 Å². The number of rotatable bonds is 4. The van der Waals surface area contributed by atoms with Crippen molar-refractivity contribution < 1.29 is 9.90 Å². The standard InChI is InChI=1S/C12H18N4O4/c1-15-10(17)9(14-16(2)12(15)20)13-6-7-4-3-5-8(7)11(18)19/h7-8H,3-6H2,1-2H3,(H,13,14)(H,18,19). The first-order valence-electron chi connectivity index (χ1n) is 6.53. The molecule has 2 N–H and O–H groups in total. The van der Waals surface area contributed by atoms with Gasteiger partial charge in [-0.1, -0.05) is 6.42 Å². The second kappa shape index (κ2) is 5.48. The Hall–Kier alpha value is -2.12. The van der Waals surface area contributed by atoms with Crippen LogP contribution in [0.15, 0.2) is 9.59 Å². The van der Waals surface area contributed by atoms with Gasteiger partial charge in [0.05, 0.1) is 5.92 Å². The third kappa shape index (κ3) is 2.59. The molecule has 0 spiro atoms. The highest BCUT2D eigenvalue weighted by Crippen LogP contribution is 2.31. The number of nitrogens with one attached hydrogen (secondary N) is 1. The van der Waals surface area contributed by atoms with Crippen LogP contribution in [0.1, 0.15) is 19.3 Å². The summed E-state index contributed by atoms with van der Waals surface area (Å²) in [6.45, 7) is 0.372. The number of hydrogen-bond donors (Lipinski definition) is 2. The molecule has 8 nitrogen and oxygen atoms in total. The van der Waals surface area contributed by atoms with Crippen molar-refractivity contribution in [2.45, 2.75) is 19.3 Å². The summed E-state index contributed by atoms with van der Waals surface area (Å²) in [5, 5.41) is 15.9. The largest absolute Gasteiger partial charge is 0.481 e. The smallest absolute Gasteiger partial charge is 0.346 e. The molecule has 1 aliphatic carbocycles. The van der Waals surface area contributed by atoms with Crippen LogP contribution < -0.4 is 16.6 Å². The maximum absolute atomic E-state index is 11.9. The third-order valence-electron chi connectivity index (χ3n) is 3.83. The van der Waals surface area contributed by atoms with Gasteiger partial charge in [0.2, 0.25) is 5.82 Å².